The van der Waals surface area contributed by atoms with Gasteiger partial charge < -0.3 is 15.5 Å². The molecule has 0 fully saturated rings. The number of anilines is 1. The normalized spacial score (nSPS) is 14.8. The van der Waals surface area contributed by atoms with Crippen molar-refractivity contribution < 1.29 is 4.79 Å². The largest absolute Gasteiger partial charge is 0.352 e. The summed E-state index contributed by atoms with van der Waals surface area (Å²) in [7, 11) is 0. The van der Waals surface area contributed by atoms with Crippen LogP contribution in [0.15, 0.2) is 30.5 Å². The third-order valence-electron chi connectivity index (χ3n) is 4.67. The molecule has 7 nitrogen and oxygen atoms in total. The van der Waals surface area contributed by atoms with Gasteiger partial charge in [-0.25, -0.2) is 19.7 Å². The van der Waals surface area contributed by atoms with Crippen LogP contribution in [0.4, 0.5) is 10.7 Å². The quantitative estimate of drug-likeness (QED) is 0.702. The Hall–Kier alpha value is -2.74. The zero-order valence-electron chi connectivity index (χ0n) is 16.3. The predicted octanol–water partition coefficient (Wildman–Crippen LogP) is 3.74. The van der Waals surface area contributed by atoms with Crippen LogP contribution in [0.2, 0.25) is 0 Å². The van der Waals surface area contributed by atoms with Gasteiger partial charge in [0, 0.05) is 18.8 Å². The highest BCUT2D eigenvalue weighted by Crippen LogP contribution is 2.26. The maximum absolute atomic E-state index is 12.8. The van der Waals surface area contributed by atoms with Crippen LogP contribution in [0.1, 0.15) is 43.1 Å². The third kappa shape index (κ3) is 3.91. The standard InChI is InChI=1S/C20H24N6OS/c1-12(2)22-19-21-10-14-8-9-26(11-16(14)25-19)20(27)23-13(3)18-24-15-6-4-5-7-17(15)28-18/h4-7,10,12-13H,8-9,11H2,1-3H3,(H,23,27)(H,21,22,25). The van der Waals surface area contributed by atoms with Gasteiger partial charge in [-0.05, 0) is 44.9 Å². The molecule has 2 aromatic heterocycles. The van der Waals surface area contributed by atoms with Crippen molar-refractivity contribution in [2.24, 2.45) is 0 Å². The third-order valence-corrected chi connectivity index (χ3v) is 5.89. The molecule has 1 aromatic carbocycles. The maximum atomic E-state index is 12.8. The van der Waals surface area contributed by atoms with Crippen molar-refractivity contribution in [2.75, 3.05) is 11.9 Å². The van der Waals surface area contributed by atoms with E-state index in [9.17, 15) is 4.79 Å². The highest BCUT2D eigenvalue weighted by Gasteiger charge is 2.24. The average Bonchev–Trinajstić information content (AvgIpc) is 3.11. The summed E-state index contributed by atoms with van der Waals surface area (Å²) in [5, 5.41) is 7.21. The van der Waals surface area contributed by atoms with E-state index in [0.717, 1.165) is 32.9 Å². The highest BCUT2D eigenvalue weighted by molar-refractivity contribution is 7.18. The molecular formula is C20H24N6OS. The number of thiazole rings is 1. The molecule has 1 atom stereocenters. The van der Waals surface area contributed by atoms with Gasteiger partial charge in [-0.1, -0.05) is 12.1 Å². The Kier molecular flexibility index (Phi) is 5.13. The molecule has 1 aliphatic rings. The maximum Gasteiger partial charge on any atom is 0.318 e. The molecule has 3 heterocycles. The molecule has 2 N–H and O–H groups in total. The zero-order valence-corrected chi connectivity index (χ0v) is 17.1. The van der Waals surface area contributed by atoms with Gasteiger partial charge in [0.1, 0.15) is 5.01 Å². The van der Waals surface area contributed by atoms with E-state index in [1.54, 1.807) is 16.2 Å². The molecule has 3 aromatic rings. The van der Waals surface area contributed by atoms with Crippen LogP contribution in [0.3, 0.4) is 0 Å². The van der Waals surface area contributed by atoms with Crippen LogP contribution in [0.25, 0.3) is 10.2 Å². The van der Waals surface area contributed by atoms with Crippen molar-refractivity contribution in [3.63, 3.8) is 0 Å². The summed E-state index contributed by atoms with van der Waals surface area (Å²) in [5.74, 6) is 0.610. The summed E-state index contributed by atoms with van der Waals surface area (Å²) < 4.78 is 1.13. The van der Waals surface area contributed by atoms with Crippen LogP contribution in [-0.2, 0) is 13.0 Å². The monoisotopic (exact) mass is 396 g/mol. The average molecular weight is 397 g/mol. The lowest BCUT2D eigenvalue weighted by Gasteiger charge is -2.29. The SMILES string of the molecule is CC(C)Nc1ncc2c(n1)CN(C(=O)NC(C)c1nc3ccccc3s1)CC2. The van der Waals surface area contributed by atoms with E-state index in [1.165, 1.54) is 0 Å². The van der Waals surface area contributed by atoms with E-state index in [0.29, 0.717) is 19.0 Å². The van der Waals surface area contributed by atoms with E-state index in [2.05, 4.69) is 31.7 Å². The van der Waals surface area contributed by atoms with Gasteiger partial charge in [-0.3, -0.25) is 0 Å². The molecule has 1 unspecified atom stereocenters. The number of hydrogen-bond acceptors (Lipinski definition) is 6. The van der Waals surface area contributed by atoms with E-state index in [-0.39, 0.29) is 18.1 Å². The topological polar surface area (TPSA) is 83.0 Å². The number of rotatable bonds is 4. The van der Waals surface area contributed by atoms with Crippen LogP contribution in [0, 0.1) is 0 Å². The number of urea groups is 1. The van der Waals surface area contributed by atoms with E-state index in [4.69, 9.17) is 0 Å². The smallest absolute Gasteiger partial charge is 0.318 e. The molecule has 1 aliphatic heterocycles. The molecule has 0 spiro atoms. The molecule has 146 valence electrons. The van der Waals surface area contributed by atoms with Crippen molar-refractivity contribution in [1.82, 2.24) is 25.2 Å². The molecule has 28 heavy (non-hydrogen) atoms. The van der Waals surface area contributed by atoms with Crippen molar-refractivity contribution in [1.29, 1.82) is 0 Å². The van der Waals surface area contributed by atoms with E-state index >= 15 is 0 Å². The number of carbonyl (C=O) groups is 1. The Morgan fingerprint density at radius 2 is 2.04 bits per heavy atom. The first-order chi connectivity index (χ1) is 13.5. The van der Waals surface area contributed by atoms with Crippen molar-refractivity contribution >= 4 is 33.5 Å². The lowest BCUT2D eigenvalue weighted by Crippen LogP contribution is -2.44. The molecule has 2 amide bonds. The Balaban J connectivity index is 1.44. The first-order valence-electron chi connectivity index (χ1n) is 9.52. The second kappa shape index (κ2) is 7.71. The lowest BCUT2D eigenvalue weighted by atomic mass is 10.1. The molecule has 0 saturated carbocycles. The fourth-order valence-electron chi connectivity index (χ4n) is 3.22. The van der Waals surface area contributed by atoms with Gasteiger partial charge in [-0.2, -0.15) is 0 Å². The van der Waals surface area contributed by atoms with Gasteiger partial charge in [0.25, 0.3) is 0 Å². The Morgan fingerprint density at radius 3 is 2.82 bits per heavy atom. The van der Waals surface area contributed by atoms with Crippen LogP contribution >= 0.6 is 11.3 Å². The van der Waals surface area contributed by atoms with Gasteiger partial charge in [0.05, 0.1) is 28.5 Å². The summed E-state index contributed by atoms with van der Waals surface area (Å²) in [6.07, 6.45) is 2.63. The van der Waals surface area contributed by atoms with Gasteiger partial charge in [0.2, 0.25) is 5.95 Å². The van der Waals surface area contributed by atoms with Gasteiger partial charge in [-0.15, -0.1) is 11.3 Å². The summed E-state index contributed by atoms with van der Waals surface area (Å²) in [5.41, 5.74) is 2.99. The minimum absolute atomic E-state index is 0.0885. The van der Waals surface area contributed by atoms with Gasteiger partial charge >= 0.3 is 6.03 Å². The molecular weight excluding hydrogens is 372 g/mol. The zero-order chi connectivity index (χ0) is 19.7. The minimum atomic E-state index is -0.144. The van der Waals surface area contributed by atoms with E-state index in [1.807, 2.05) is 45.2 Å². The number of amides is 2. The Bertz CT molecular complexity index is 968. The summed E-state index contributed by atoms with van der Waals surface area (Å²) >= 11 is 1.62. The van der Waals surface area contributed by atoms with Gasteiger partial charge in [0.15, 0.2) is 0 Å². The number of nitrogens with one attached hydrogen (secondary N) is 2. The fraction of sp³-hybridized carbons (Fsp3) is 0.400. The van der Waals surface area contributed by atoms with E-state index < -0.39 is 0 Å². The van der Waals surface area contributed by atoms with Crippen LogP contribution in [0.5, 0.6) is 0 Å². The molecule has 0 radical (unpaired) electrons. The summed E-state index contributed by atoms with van der Waals surface area (Å²) in [6, 6.07) is 8.05. The number of hydrogen-bond donors (Lipinski definition) is 2. The lowest BCUT2D eigenvalue weighted by molar-refractivity contribution is 0.188. The Labute approximate surface area is 168 Å². The number of nitrogens with zero attached hydrogens (tertiary/aromatic N) is 4. The summed E-state index contributed by atoms with van der Waals surface area (Å²) in [4.78, 5) is 28.2. The first-order valence-corrected chi connectivity index (χ1v) is 10.3. The van der Waals surface area contributed by atoms with Crippen LogP contribution in [-0.4, -0.2) is 38.5 Å². The number of fused-ring (bicyclic) bond motifs is 2. The minimum Gasteiger partial charge on any atom is -0.352 e. The summed E-state index contributed by atoms with van der Waals surface area (Å²) in [6.45, 7) is 7.22. The molecule has 8 heteroatoms. The molecule has 0 bridgehead atoms. The second-order valence-electron chi connectivity index (χ2n) is 7.33. The fourth-order valence-corrected chi connectivity index (χ4v) is 4.19. The second-order valence-corrected chi connectivity index (χ2v) is 8.39. The number of benzene rings is 1. The number of carbonyl (C=O) groups excluding carboxylic acids is 1. The molecule has 4 rings (SSSR count). The molecule has 0 aliphatic carbocycles. The van der Waals surface area contributed by atoms with Crippen molar-refractivity contribution in [2.45, 2.75) is 45.8 Å². The first kappa shape index (κ1) is 18.6. The molecule has 0 saturated heterocycles. The Morgan fingerprint density at radius 1 is 1.21 bits per heavy atom. The predicted molar refractivity (Wildman–Crippen MR) is 111 cm³/mol. The number of para-hydroxylation sites is 1. The van der Waals surface area contributed by atoms with Crippen molar-refractivity contribution in [3.05, 3.63) is 46.7 Å². The van der Waals surface area contributed by atoms with Crippen molar-refractivity contribution in [3.8, 4) is 0 Å². The number of aromatic nitrogens is 3. The highest BCUT2D eigenvalue weighted by atomic mass is 32.1. The van der Waals surface area contributed by atoms with Crippen LogP contribution < -0.4 is 10.6 Å².